The summed E-state index contributed by atoms with van der Waals surface area (Å²) in [6.45, 7) is 10.2. The third-order valence-electron chi connectivity index (χ3n) is 2.67. The molecule has 1 rings (SSSR count). The summed E-state index contributed by atoms with van der Waals surface area (Å²) < 4.78 is 0. The van der Waals surface area contributed by atoms with Gasteiger partial charge in [0.2, 0.25) is 5.91 Å². The van der Waals surface area contributed by atoms with E-state index in [0.29, 0.717) is 30.3 Å². The molecular weight excluding hydrogens is 176 g/mol. The fourth-order valence-corrected chi connectivity index (χ4v) is 1.84. The average Bonchev–Trinajstić information content (AvgIpc) is 2.08. The minimum Gasteiger partial charge on any atom is -0.337 e. The minimum atomic E-state index is 0.306. The van der Waals surface area contributed by atoms with Crippen molar-refractivity contribution in [3.63, 3.8) is 0 Å². The molecule has 14 heavy (non-hydrogen) atoms. The largest absolute Gasteiger partial charge is 0.337 e. The van der Waals surface area contributed by atoms with Crippen molar-refractivity contribution in [2.45, 2.75) is 46.2 Å². The quantitative estimate of drug-likeness (QED) is 0.724. The highest BCUT2D eigenvalue weighted by molar-refractivity contribution is 5.76. The first-order valence-electron chi connectivity index (χ1n) is 5.53. The molecule has 1 amide bonds. The molecular formula is C11H22N2O. The molecule has 2 atom stereocenters. The van der Waals surface area contributed by atoms with Crippen LogP contribution in [-0.2, 0) is 4.79 Å². The Balaban J connectivity index is 2.51. The molecule has 1 fully saturated rings. The van der Waals surface area contributed by atoms with E-state index in [0.717, 1.165) is 13.1 Å². The Hall–Kier alpha value is -0.570. The molecule has 3 heteroatoms. The molecule has 0 aliphatic carbocycles. The first-order valence-corrected chi connectivity index (χ1v) is 5.53. The summed E-state index contributed by atoms with van der Waals surface area (Å²) in [5, 5.41) is 3.38. The fourth-order valence-electron chi connectivity index (χ4n) is 1.84. The first kappa shape index (κ1) is 11.5. The molecule has 82 valence electrons. The monoisotopic (exact) mass is 198 g/mol. The molecule has 1 aliphatic rings. The Bertz CT molecular complexity index is 203. The Morgan fingerprint density at radius 1 is 1.50 bits per heavy atom. The standard InChI is InChI=1S/C11H22N2O/c1-8(2)5-11(14)13-7-9(3)12-6-10(13)4/h8-10,12H,5-7H2,1-4H3. The van der Waals surface area contributed by atoms with E-state index in [2.05, 4.69) is 33.0 Å². The van der Waals surface area contributed by atoms with Crippen LogP contribution in [0.5, 0.6) is 0 Å². The molecule has 0 aromatic rings. The van der Waals surface area contributed by atoms with Crippen LogP contribution < -0.4 is 5.32 Å². The van der Waals surface area contributed by atoms with E-state index in [-0.39, 0.29) is 0 Å². The van der Waals surface area contributed by atoms with E-state index >= 15 is 0 Å². The van der Waals surface area contributed by atoms with Crippen molar-refractivity contribution in [2.24, 2.45) is 5.92 Å². The van der Waals surface area contributed by atoms with Crippen molar-refractivity contribution >= 4 is 5.91 Å². The Morgan fingerprint density at radius 3 is 2.71 bits per heavy atom. The second-order valence-electron chi connectivity index (χ2n) is 4.80. The molecule has 2 unspecified atom stereocenters. The first-order chi connectivity index (χ1) is 6.50. The molecule has 0 bridgehead atoms. The van der Waals surface area contributed by atoms with Crippen LogP contribution >= 0.6 is 0 Å². The fraction of sp³-hybridized carbons (Fsp3) is 0.909. The lowest BCUT2D eigenvalue weighted by Crippen LogP contribution is -2.56. The zero-order chi connectivity index (χ0) is 10.7. The normalized spacial score (nSPS) is 28.2. The summed E-state index contributed by atoms with van der Waals surface area (Å²) >= 11 is 0. The number of carbonyl (C=O) groups excluding carboxylic acids is 1. The Kier molecular flexibility index (Phi) is 3.93. The molecule has 0 radical (unpaired) electrons. The van der Waals surface area contributed by atoms with Gasteiger partial charge in [0.15, 0.2) is 0 Å². The Labute approximate surface area is 86.9 Å². The van der Waals surface area contributed by atoms with Crippen LogP contribution in [-0.4, -0.2) is 36.0 Å². The maximum Gasteiger partial charge on any atom is 0.223 e. The van der Waals surface area contributed by atoms with E-state index < -0.39 is 0 Å². The third-order valence-corrected chi connectivity index (χ3v) is 2.67. The van der Waals surface area contributed by atoms with E-state index in [1.165, 1.54) is 0 Å². The highest BCUT2D eigenvalue weighted by Crippen LogP contribution is 2.11. The van der Waals surface area contributed by atoms with Crippen LogP contribution in [0.3, 0.4) is 0 Å². The molecule has 1 aliphatic heterocycles. The van der Waals surface area contributed by atoms with Gasteiger partial charge in [-0.1, -0.05) is 13.8 Å². The molecule has 0 spiro atoms. The highest BCUT2D eigenvalue weighted by Gasteiger charge is 2.26. The van der Waals surface area contributed by atoms with E-state index in [1.54, 1.807) is 0 Å². The molecule has 0 saturated carbocycles. The maximum absolute atomic E-state index is 11.9. The second kappa shape index (κ2) is 4.78. The number of carbonyl (C=O) groups is 1. The van der Waals surface area contributed by atoms with Crippen LogP contribution in [0.1, 0.15) is 34.1 Å². The van der Waals surface area contributed by atoms with Gasteiger partial charge >= 0.3 is 0 Å². The van der Waals surface area contributed by atoms with Crippen LogP contribution in [0.25, 0.3) is 0 Å². The third kappa shape index (κ3) is 2.98. The van der Waals surface area contributed by atoms with Gasteiger partial charge in [-0.15, -0.1) is 0 Å². The lowest BCUT2D eigenvalue weighted by atomic mass is 10.1. The second-order valence-corrected chi connectivity index (χ2v) is 4.80. The number of nitrogens with zero attached hydrogens (tertiary/aromatic N) is 1. The van der Waals surface area contributed by atoms with E-state index in [4.69, 9.17) is 0 Å². The van der Waals surface area contributed by atoms with Gasteiger partial charge < -0.3 is 10.2 Å². The number of rotatable bonds is 2. The van der Waals surface area contributed by atoms with Crippen molar-refractivity contribution in [2.75, 3.05) is 13.1 Å². The van der Waals surface area contributed by atoms with Crippen LogP contribution in [0.2, 0.25) is 0 Å². The van der Waals surface area contributed by atoms with Gasteiger partial charge in [0.25, 0.3) is 0 Å². The van der Waals surface area contributed by atoms with Gasteiger partial charge in [0.05, 0.1) is 0 Å². The maximum atomic E-state index is 11.9. The van der Waals surface area contributed by atoms with E-state index in [1.807, 2.05) is 4.90 Å². The number of hydrogen-bond donors (Lipinski definition) is 1. The zero-order valence-electron chi connectivity index (χ0n) is 9.71. The van der Waals surface area contributed by atoms with Gasteiger partial charge in [-0.05, 0) is 19.8 Å². The highest BCUT2D eigenvalue weighted by atomic mass is 16.2. The number of hydrogen-bond acceptors (Lipinski definition) is 2. The predicted octanol–water partition coefficient (Wildman–Crippen LogP) is 1.24. The topological polar surface area (TPSA) is 32.3 Å². The number of piperazine rings is 1. The predicted molar refractivity (Wildman–Crippen MR) is 58.1 cm³/mol. The molecule has 1 heterocycles. The Morgan fingerprint density at radius 2 is 2.14 bits per heavy atom. The number of nitrogens with one attached hydrogen (secondary N) is 1. The summed E-state index contributed by atoms with van der Waals surface area (Å²) in [7, 11) is 0. The van der Waals surface area contributed by atoms with Crippen molar-refractivity contribution in [1.29, 1.82) is 0 Å². The molecule has 0 aromatic carbocycles. The molecule has 1 saturated heterocycles. The summed E-state index contributed by atoms with van der Waals surface area (Å²) in [4.78, 5) is 13.9. The van der Waals surface area contributed by atoms with E-state index in [9.17, 15) is 4.79 Å². The van der Waals surface area contributed by atoms with Gasteiger partial charge in [0, 0.05) is 31.6 Å². The average molecular weight is 198 g/mol. The van der Waals surface area contributed by atoms with Crippen LogP contribution in [0, 0.1) is 5.92 Å². The summed E-state index contributed by atoms with van der Waals surface area (Å²) in [6, 6.07) is 0.778. The summed E-state index contributed by atoms with van der Waals surface area (Å²) in [5.74, 6) is 0.765. The summed E-state index contributed by atoms with van der Waals surface area (Å²) in [6.07, 6.45) is 0.678. The van der Waals surface area contributed by atoms with Crippen LogP contribution in [0.15, 0.2) is 0 Å². The van der Waals surface area contributed by atoms with Crippen LogP contribution in [0.4, 0.5) is 0 Å². The van der Waals surface area contributed by atoms with Crippen molar-refractivity contribution in [1.82, 2.24) is 10.2 Å². The summed E-state index contributed by atoms with van der Waals surface area (Å²) in [5.41, 5.74) is 0. The van der Waals surface area contributed by atoms with Crippen molar-refractivity contribution in [3.8, 4) is 0 Å². The minimum absolute atomic E-state index is 0.306. The lowest BCUT2D eigenvalue weighted by molar-refractivity contribution is -0.135. The SMILES string of the molecule is CC(C)CC(=O)N1CC(C)NCC1C. The molecule has 0 aromatic heterocycles. The van der Waals surface area contributed by atoms with Crippen molar-refractivity contribution in [3.05, 3.63) is 0 Å². The lowest BCUT2D eigenvalue weighted by Gasteiger charge is -2.38. The van der Waals surface area contributed by atoms with Gasteiger partial charge in [-0.25, -0.2) is 0 Å². The van der Waals surface area contributed by atoms with Gasteiger partial charge in [0.1, 0.15) is 0 Å². The van der Waals surface area contributed by atoms with Gasteiger partial charge in [-0.2, -0.15) is 0 Å². The smallest absolute Gasteiger partial charge is 0.223 e. The van der Waals surface area contributed by atoms with Gasteiger partial charge in [-0.3, -0.25) is 4.79 Å². The van der Waals surface area contributed by atoms with Crippen molar-refractivity contribution < 1.29 is 4.79 Å². The molecule has 1 N–H and O–H groups in total. The number of amides is 1. The molecule has 3 nitrogen and oxygen atoms in total. The zero-order valence-corrected chi connectivity index (χ0v) is 9.71.